The number of benzene rings is 2. The Bertz CT molecular complexity index is 1630. The van der Waals surface area contributed by atoms with Crippen molar-refractivity contribution in [1.29, 1.82) is 0 Å². The maximum Gasteiger partial charge on any atom is 0.338 e. The van der Waals surface area contributed by atoms with E-state index < -0.39 is 18.0 Å². The lowest BCUT2D eigenvalue weighted by atomic mass is 9.95. The molecule has 1 unspecified atom stereocenters. The van der Waals surface area contributed by atoms with Crippen LogP contribution < -0.4 is 29.1 Å². The molecule has 0 bridgehead atoms. The van der Waals surface area contributed by atoms with Gasteiger partial charge in [-0.25, -0.2) is 9.79 Å². The summed E-state index contributed by atoms with van der Waals surface area (Å²) in [6.45, 7) is 6.57. The molecule has 1 atom stereocenters. The average molecular weight is 535 g/mol. The molecule has 0 N–H and O–H groups in total. The molecule has 1 aromatic heterocycles. The second-order valence-electron chi connectivity index (χ2n) is 8.25. The van der Waals surface area contributed by atoms with Gasteiger partial charge in [0.05, 0.1) is 36.1 Å². The van der Waals surface area contributed by atoms with E-state index in [9.17, 15) is 14.4 Å². The van der Waals surface area contributed by atoms with Gasteiger partial charge in [-0.2, -0.15) is 0 Å². The number of allylic oxidation sites excluding steroid dienone is 1. The Balaban J connectivity index is 1.94. The van der Waals surface area contributed by atoms with Crippen molar-refractivity contribution in [2.24, 2.45) is 4.99 Å². The van der Waals surface area contributed by atoms with Gasteiger partial charge in [-0.05, 0) is 48.4 Å². The van der Waals surface area contributed by atoms with E-state index in [0.717, 1.165) is 5.56 Å². The van der Waals surface area contributed by atoms with Crippen molar-refractivity contribution in [2.75, 3.05) is 20.8 Å². The third-order valence-electron chi connectivity index (χ3n) is 5.72. The third-order valence-corrected chi connectivity index (χ3v) is 6.71. The Kier molecular flexibility index (Phi) is 7.92. The molecule has 2 heterocycles. The Morgan fingerprint density at radius 2 is 1.92 bits per heavy atom. The van der Waals surface area contributed by atoms with E-state index in [2.05, 4.69) is 11.6 Å². The highest BCUT2D eigenvalue weighted by atomic mass is 32.1. The molecule has 4 rings (SSSR count). The zero-order valence-corrected chi connectivity index (χ0v) is 22.2. The Morgan fingerprint density at radius 1 is 1.13 bits per heavy atom. The number of ether oxygens (including phenoxy) is 4. The molecule has 196 valence electrons. The summed E-state index contributed by atoms with van der Waals surface area (Å²) < 4.78 is 23.2. The number of aromatic nitrogens is 1. The maximum absolute atomic E-state index is 13.8. The number of nitrogens with zero attached hydrogens (tertiary/aromatic N) is 2. The van der Waals surface area contributed by atoms with Crippen molar-refractivity contribution in [3.63, 3.8) is 0 Å². The normalized spacial score (nSPS) is 14.8. The highest BCUT2D eigenvalue weighted by Gasteiger charge is 2.34. The van der Waals surface area contributed by atoms with Gasteiger partial charge in [0.15, 0.2) is 16.3 Å². The van der Waals surface area contributed by atoms with Crippen LogP contribution in [0.15, 0.2) is 76.2 Å². The van der Waals surface area contributed by atoms with Gasteiger partial charge in [-0.15, -0.1) is 0 Å². The summed E-state index contributed by atoms with van der Waals surface area (Å²) >= 11 is 1.21. The van der Waals surface area contributed by atoms with Crippen molar-refractivity contribution >= 4 is 29.4 Å². The average Bonchev–Trinajstić information content (AvgIpc) is 3.20. The van der Waals surface area contributed by atoms with Crippen LogP contribution in [0.5, 0.6) is 17.2 Å². The molecule has 1 aliphatic rings. The molecule has 0 aliphatic carbocycles. The molecule has 38 heavy (non-hydrogen) atoms. The molecule has 0 saturated heterocycles. The fourth-order valence-corrected chi connectivity index (χ4v) is 5.13. The fourth-order valence-electron chi connectivity index (χ4n) is 4.09. The SMILES string of the molecule is C=CCOC(=O)C1=C(C)N=c2s/c(=C\c3cccc(OC)c3)c(=O)n2C1c1ccc(OC(C)=O)c(OC)c1. The first-order valence-electron chi connectivity index (χ1n) is 11.6. The topological polar surface area (TPSA) is 105 Å². The Labute approximate surface area is 222 Å². The van der Waals surface area contributed by atoms with E-state index in [1.807, 2.05) is 24.3 Å². The van der Waals surface area contributed by atoms with Crippen LogP contribution in [0.4, 0.5) is 0 Å². The van der Waals surface area contributed by atoms with Gasteiger partial charge >= 0.3 is 11.9 Å². The van der Waals surface area contributed by atoms with Crippen molar-refractivity contribution in [3.05, 3.63) is 97.2 Å². The first-order valence-corrected chi connectivity index (χ1v) is 12.4. The smallest absolute Gasteiger partial charge is 0.338 e. The predicted molar refractivity (Wildman–Crippen MR) is 142 cm³/mol. The molecule has 9 nitrogen and oxygen atoms in total. The van der Waals surface area contributed by atoms with Gasteiger partial charge in [0.1, 0.15) is 12.4 Å². The number of carbonyl (C=O) groups is 2. The zero-order valence-electron chi connectivity index (χ0n) is 21.3. The summed E-state index contributed by atoms with van der Waals surface area (Å²) in [7, 11) is 3.01. The van der Waals surface area contributed by atoms with Gasteiger partial charge in [-0.1, -0.05) is 42.2 Å². The summed E-state index contributed by atoms with van der Waals surface area (Å²) in [6, 6.07) is 11.3. The van der Waals surface area contributed by atoms with Crippen molar-refractivity contribution in [3.8, 4) is 17.2 Å². The van der Waals surface area contributed by atoms with Crippen LogP contribution in [-0.2, 0) is 14.3 Å². The van der Waals surface area contributed by atoms with Crippen LogP contribution in [0, 0.1) is 0 Å². The largest absolute Gasteiger partial charge is 0.497 e. The fraction of sp³-hybridized carbons (Fsp3) is 0.214. The molecule has 0 radical (unpaired) electrons. The quantitative estimate of drug-likeness (QED) is 0.249. The maximum atomic E-state index is 13.8. The number of methoxy groups -OCH3 is 2. The zero-order chi connectivity index (χ0) is 27.4. The number of carbonyl (C=O) groups excluding carboxylic acids is 2. The van der Waals surface area contributed by atoms with Gasteiger partial charge in [0.2, 0.25) is 0 Å². The van der Waals surface area contributed by atoms with Gasteiger partial charge in [0, 0.05) is 6.92 Å². The van der Waals surface area contributed by atoms with Crippen LogP contribution in [0.3, 0.4) is 0 Å². The molecule has 1 aliphatic heterocycles. The van der Waals surface area contributed by atoms with E-state index >= 15 is 0 Å². The van der Waals surface area contributed by atoms with Crippen molar-refractivity contribution in [1.82, 2.24) is 4.57 Å². The number of hydrogen-bond acceptors (Lipinski definition) is 9. The minimum atomic E-state index is -0.865. The monoisotopic (exact) mass is 534 g/mol. The lowest BCUT2D eigenvalue weighted by Crippen LogP contribution is -2.40. The molecule has 10 heteroatoms. The van der Waals surface area contributed by atoms with Gasteiger partial charge in [0.25, 0.3) is 5.56 Å². The molecular formula is C28H26N2O7S. The Hall–Kier alpha value is -4.44. The molecule has 2 aromatic carbocycles. The van der Waals surface area contributed by atoms with Crippen LogP contribution in [0.25, 0.3) is 6.08 Å². The number of hydrogen-bond donors (Lipinski definition) is 0. The van der Waals surface area contributed by atoms with Crippen LogP contribution >= 0.6 is 11.3 Å². The summed E-state index contributed by atoms with van der Waals surface area (Å²) in [5.74, 6) is 0.00932. The van der Waals surface area contributed by atoms with E-state index in [0.29, 0.717) is 26.3 Å². The first-order chi connectivity index (χ1) is 18.3. The van der Waals surface area contributed by atoms with Crippen LogP contribution in [0.1, 0.15) is 31.0 Å². The number of thiazole rings is 1. The van der Waals surface area contributed by atoms with E-state index in [1.165, 1.54) is 36.0 Å². The first kappa shape index (κ1) is 26.6. The minimum absolute atomic E-state index is 0.00267. The lowest BCUT2D eigenvalue weighted by Gasteiger charge is -2.25. The highest BCUT2D eigenvalue weighted by Crippen LogP contribution is 2.36. The molecule has 0 saturated carbocycles. The van der Waals surface area contributed by atoms with Crippen molar-refractivity contribution < 1.29 is 28.5 Å². The minimum Gasteiger partial charge on any atom is -0.497 e. The second kappa shape index (κ2) is 11.3. The summed E-state index contributed by atoms with van der Waals surface area (Å²) in [5.41, 5.74) is 1.62. The van der Waals surface area contributed by atoms with Crippen LogP contribution in [-0.4, -0.2) is 37.3 Å². The van der Waals surface area contributed by atoms with E-state index in [1.54, 1.807) is 38.3 Å². The molecule has 0 fully saturated rings. The Morgan fingerprint density at radius 3 is 2.61 bits per heavy atom. The molecule has 3 aromatic rings. The second-order valence-corrected chi connectivity index (χ2v) is 9.26. The van der Waals surface area contributed by atoms with Crippen molar-refractivity contribution in [2.45, 2.75) is 19.9 Å². The number of esters is 2. The number of rotatable bonds is 8. The van der Waals surface area contributed by atoms with Gasteiger partial charge < -0.3 is 18.9 Å². The third kappa shape index (κ3) is 5.30. The summed E-state index contributed by atoms with van der Waals surface area (Å²) in [6.07, 6.45) is 3.21. The molecule has 0 amide bonds. The predicted octanol–water partition coefficient (Wildman–Crippen LogP) is 2.91. The molecule has 0 spiro atoms. The lowest BCUT2D eigenvalue weighted by molar-refractivity contribution is -0.138. The van der Waals surface area contributed by atoms with E-state index in [-0.39, 0.29) is 29.2 Å². The summed E-state index contributed by atoms with van der Waals surface area (Å²) in [4.78, 5) is 43.5. The standard InChI is InChI=1S/C28H26N2O7S/c1-6-12-36-27(33)24-16(2)29-28-30(25(24)19-10-11-21(37-17(3)31)22(15-19)35-5)26(32)23(38-28)14-18-8-7-9-20(13-18)34-4/h6-11,13-15,25H,1,12H2,2-5H3/b23-14-. The highest BCUT2D eigenvalue weighted by molar-refractivity contribution is 7.07. The number of fused-ring (bicyclic) bond motifs is 1. The van der Waals surface area contributed by atoms with Crippen LogP contribution in [0.2, 0.25) is 0 Å². The van der Waals surface area contributed by atoms with E-state index in [4.69, 9.17) is 18.9 Å². The summed E-state index contributed by atoms with van der Waals surface area (Å²) in [5, 5.41) is 0. The molecular weight excluding hydrogens is 508 g/mol. The van der Waals surface area contributed by atoms with Gasteiger partial charge in [-0.3, -0.25) is 14.2 Å².